The van der Waals surface area contributed by atoms with Gasteiger partial charge in [0.25, 0.3) is 0 Å². The second kappa shape index (κ2) is 30.9. The van der Waals surface area contributed by atoms with Crippen molar-refractivity contribution in [2.45, 2.75) is 200 Å². The Kier molecular flexibility index (Phi) is 28.6. The van der Waals surface area contributed by atoms with E-state index in [0.717, 1.165) is 6.42 Å². The van der Waals surface area contributed by atoms with Crippen molar-refractivity contribution in [1.29, 1.82) is 0 Å². The summed E-state index contributed by atoms with van der Waals surface area (Å²) < 4.78 is 5.55. The average molecular weight is 559 g/mol. The van der Waals surface area contributed by atoms with Gasteiger partial charge in [0.05, 0.1) is 6.61 Å². The van der Waals surface area contributed by atoms with Gasteiger partial charge in [-0.1, -0.05) is 153 Å². The highest BCUT2D eigenvalue weighted by molar-refractivity contribution is 5.69. The molecule has 40 heavy (non-hydrogen) atoms. The average Bonchev–Trinajstić information content (AvgIpc) is 2.95. The lowest BCUT2D eigenvalue weighted by Crippen LogP contribution is -2.11. The minimum Gasteiger partial charge on any atom is -0.465 e. The van der Waals surface area contributed by atoms with Crippen molar-refractivity contribution < 1.29 is 9.53 Å². The van der Waals surface area contributed by atoms with Crippen LogP contribution >= 0.6 is 0 Å². The van der Waals surface area contributed by atoms with Crippen LogP contribution in [0.3, 0.4) is 0 Å². The molecule has 0 bridgehead atoms. The van der Waals surface area contributed by atoms with E-state index >= 15 is 0 Å². The second-order valence-electron chi connectivity index (χ2n) is 12.9. The zero-order chi connectivity index (χ0) is 28.6. The summed E-state index contributed by atoms with van der Waals surface area (Å²) in [6.45, 7) is 2.83. The van der Waals surface area contributed by atoms with Gasteiger partial charge >= 0.3 is 5.97 Å². The van der Waals surface area contributed by atoms with Crippen molar-refractivity contribution in [2.75, 3.05) is 6.61 Å². The normalized spacial score (nSPS) is 25.9. The van der Waals surface area contributed by atoms with Crippen LogP contribution in [0.2, 0.25) is 0 Å². The van der Waals surface area contributed by atoms with Crippen LogP contribution in [-0.2, 0) is 9.53 Å². The number of rotatable bonds is 0. The molecule has 2 heteroatoms. The Bertz CT molecular complexity index is 578. The summed E-state index contributed by atoms with van der Waals surface area (Å²) in [7, 11) is 0. The van der Waals surface area contributed by atoms with Gasteiger partial charge in [-0.15, -0.1) is 0 Å². The maximum Gasteiger partial charge on any atom is 0.305 e. The van der Waals surface area contributed by atoms with Gasteiger partial charge in [-0.2, -0.15) is 0 Å². The molecule has 234 valence electrons. The van der Waals surface area contributed by atoms with Crippen molar-refractivity contribution in [3.05, 3.63) is 24.3 Å². The van der Waals surface area contributed by atoms with Crippen LogP contribution < -0.4 is 0 Å². The number of carbonyl (C=O) groups is 1. The van der Waals surface area contributed by atoms with Crippen LogP contribution in [0.25, 0.3) is 0 Å². The Morgan fingerprint density at radius 1 is 0.450 bits per heavy atom. The summed E-state index contributed by atoms with van der Waals surface area (Å²) in [5, 5.41) is 0. The molecule has 1 heterocycles. The maximum absolute atomic E-state index is 12.1. The quantitative estimate of drug-likeness (QED) is 0.218. The van der Waals surface area contributed by atoms with E-state index in [1.807, 2.05) is 0 Å². The van der Waals surface area contributed by atoms with Crippen LogP contribution in [0.1, 0.15) is 200 Å². The van der Waals surface area contributed by atoms with Gasteiger partial charge in [-0.05, 0) is 70.1 Å². The molecule has 0 N–H and O–H groups in total. The van der Waals surface area contributed by atoms with Gasteiger partial charge in [0.1, 0.15) is 0 Å². The molecule has 0 saturated heterocycles. The smallest absolute Gasteiger partial charge is 0.305 e. The molecule has 1 aliphatic heterocycles. The third-order valence-electron chi connectivity index (χ3n) is 8.67. The lowest BCUT2D eigenvalue weighted by Gasteiger charge is -2.12. The number of carbonyl (C=O) groups excluding carboxylic acids is 1. The number of hydrogen-bond donors (Lipinski definition) is 0. The van der Waals surface area contributed by atoms with Gasteiger partial charge in [0, 0.05) is 6.42 Å². The van der Waals surface area contributed by atoms with Crippen LogP contribution in [0, 0.1) is 5.92 Å². The molecule has 0 aliphatic carbocycles. The van der Waals surface area contributed by atoms with E-state index in [1.165, 1.54) is 180 Å². The van der Waals surface area contributed by atoms with E-state index in [1.54, 1.807) is 0 Å². The molecule has 1 rings (SSSR count). The zero-order valence-electron chi connectivity index (χ0n) is 27.1. The highest BCUT2D eigenvalue weighted by Crippen LogP contribution is 2.16. The third kappa shape index (κ3) is 28.5. The van der Waals surface area contributed by atoms with E-state index in [-0.39, 0.29) is 5.97 Å². The first kappa shape index (κ1) is 37.0. The Labute approximate surface area is 251 Å². The zero-order valence-corrected chi connectivity index (χ0v) is 27.1. The van der Waals surface area contributed by atoms with Gasteiger partial charge in [0.15, 0.2) is 0 Å². The lowest BCUT2D eigenvalue weighted by molar-refractivity contribution is -0.145. The molecule has 0 fully saturated rings. The topological polar surface area (TPSA) is 26.3 Å². The Balaban J connectivity index is 2.16. The van der Waals surface area contributed by atoms with Crippen molar-refractivity contribution >= 4 is 5.97 Å². The molecule has 0 amide bonds. The lowest BCUT2D eigenvalue weighted by atomic mass is 10.0. The molecular weight excluding hydrogens is 488 g/mol. The van der Waals surface area contributed by atoms with Gasteiger partial charge in [-0.25, -0.2) is 0 Å². The first-order valence-corrected chi connectivity index (χ1v) is 18.2. The van der Waals surface area contributed by atoms with Crippen LogP contribution in [0.15, 0.2) is 24.3 Å². The third-order valence-corrected chi connectivity index (χ3v) is 8.67. The Morgan fingerprint density at radius 2 is 0.750 bits per heavy atom. The summed E-state index contributed by atoms with van der Waals surface area (Å²) in [6.07, 6.45) is 49.1. The largest absolute Gasteiger partial charge is 0.465 e. The predicted molar refractivity (Wildman–Crippen MR) is 177 cm³/mol. The van der Waals surface area contributed by atoms with Crippen molar-refractivity contribution in [3.63, 3.8) is 0 Å². The number of allylic oxidation sites excluding steroid dienone is 4. The first-order valence-electron chi connectivity index (χ1n) is 18.2. The van der Waals surface area contributed by atoms with Gasteiger partial charge in [0.2, 0.25) is 0 Å². The number of cyclic esters (lactones) is 1. The highest BCUT2D eigenvalue weighted by atomic mass is 16.5. The van der Waals surface area contributed by atoms with Crippen LogP contribution in [0.5, 0.6) is 0 Å². The van der Waals surface area contributed by atoms with Crippen LogP contribution in [-0.4, -0.2) is 12.6 Å². The van der Waals surface area contributed by atoms with Gasteiger partial charge in [-0.3, -0.25) is 4.79 Å². The van der Waals surface area contributed by atoms with Crippen molar-refractivity contribution in [1.82, 2.24) is 0 Å². The monoisotopic (exact) mass is 559 g/mol. The molecule has 0 aromatic rings. The molecule has 1 aliphatic rings. The van der Waals surface area contributed by atoms with E-state index in [2.05, 4.69) is 31.2 Å². The highest BCUT2D eigenvalue weighted by Gasteiger charge is 2.07. The standard InChI is InChI=1S/C38H70O2/c1-37-34-32-30-28-26-24-22-20-18-16-14-12-10-8-6-4-2-3-5-7-9-11-13-15-17-19-21-23-25-27-29-31-33-35-38(39)40-36-37/h10,12,22,24,37H,2-9,11,13-21,23,25-36H2,1H3/b12-10-,24-22-. The molecule has 2 nitrogen and oxygen atoms in total. The fourth-order valence-electron chi connectivity index (χ4n) is 5.85. The first-order chi connectivity index (χ1) is 19.8. The SMILES string of the molecule is CC1CCCCC/C=C\CCCC/C=C\CCCCCCCCCCCCCCCCCCCCCC(=O)OC1. The number of esters is 1. The summed E-state index contributed by atoms with van der Waals surface area (Å²) >= 11 is 0. The van der Waals surface area contributed by atoms with Crippen molar-refractivity contribution in [2.24, 2.45) is 5.92 Å². The molecule has 0 saturated carbocycles. The molecule has 1 unspecified atom stereocenters. The molecule has 0 radical (unpaired) electrons. The van der Waals surface area contributed by atoms with E-state index in [4.69, 9.17) is 4.74 Å². The summed E-state index contributed by atoms with van der Waals surface area (Å²) in [5.74, 6) is 0.501. The fourth-order valence-corrected chi connectivity index (χ4v) is 5.85. The second-order valence-corrected chi connectivity index (χ2v) is 12.9. The van der Waals surface area contributed by atoms with Crippen LogP contribution in [0.4, 0.5) is 0 Å². The van der Waals surface area contributed by atoms with E-state index in [9.17, 15) is 4.79 Å². The van der Waals surface area contributed by atoms with Crippen molar-refractivity contribution in [3.8, 4) is 0 Å². The predicted octanol–water partition coefficient (Wildman–Crippen LogP) is 13.0. The summed E-state index contributed by atoms with van der Waals surface area (Å²) in [6, 6.07) is 0. The molecule has 0 aromatic carbocycles. The Hall–Kier alpha value is -1.05. The molecule has 0 spiro atoms. The van der Waals surface area contributed by atoms with E-state index < -0.39 is 0 Å². The molecular formula is C38H70O2. The minimum atomic E-state index is 0.0159. The van der Waals surface area contributed by atoms with E-state index in [0.29, 0.717) is 18.9 Å². The summed E-state index contributed by atoms with van der Waals surface area (Å²) in [4.78, 5) is 12.1. The maximum atomic E-state index is 12.1. The molecule has 0 aromatic heterocycles. The Morgan fingerprint density at radius 3 is 1.15 bits per heavy atom. The summed E-state index contributed by atoms with van der Waals surface area (Å²) in [5.41, 5.74) is 0. The van der Waals surface area contributed by atoms with Gasteiger partial charge < -0.3 is 4.74 Å². The molecule has 1 atom stereocenters. The number of hydrogen-bond acceptors (Lipinski definition) is 2. The minimum absolute atomic E-state index is 0.0159. The fraction of sp³-hybridized carbons (Fsp3) is 0.868. The number of ether oxygens (including phenoxy) is 1.